The van der Waals surface area contributed by atoms with E-state index in [9.17, 15) is 10.1 Å². The van der Waals surface area contributed by atoms with Gasteiger partial charge in [-0.25, -0.2) is 0 Å². The lowest BCUT2D eigenvalue weighted by Crippen LogP contribution is -2.17. The van der Waals surface area contributed by atoms with Gasteiger partial charge < -0.3 is 9.15 Å². The maximum absolute atomic E-state index is 10.7. The van der Waals surface area contributed by atoms with Crippen molar-refractivity contribution in [3.8, 4) is 17.2 Å². The molecule has 0 N–H and O–H groups in total. The molecule has 3 aromatic rings. The first kappa shape index (κ1) is 17.6. The molecule has 0 radical (unpaired) electrons. The second-order valence-corrected chi connectivity index (χ2v) is 5.83. The number of methoxy groups -OCH3 is 1. The first-order chi connectivity index (χ1) is 12.5. The lowest BCUT2D eigenvalue weighted by molar-refractivity contribution is -0.384. The fourth-order valence-electron chi connectivity index (χ4n) is 2.49. The van der Waals surface area contributed by atoms with Gasteiger partial charge in [-0.3, -0.25) is 15.0 Å². The van der Waals surface area contributed by atoms with Crippen LogP contribution in [0, 0.1) is 10.1 Å². The van der Waals surface area contributed by atoms with Crippen molar-refractivity contribution in [3.63, 3.8) is 0 Å². The highest BCUT2D eigenvalue weighted by molar-refractivity contribution is 5.55. The minimum absolute atomic E-state index is 0.0210. The average Bonchev–Trinajstić information content (AvgIpc) is 3.10. The predicted molar refractivity (Wildman–Crippen MR) is 94.6 cm³/mol. The van der Waals surface area contributed by atoms with E-state index < -0.39 is 4.92 Å². The molecule has 0 amide bonds. The zero-order valence-corrected chi connectivity index (χ0v) is 14.5. The van der Waals surface area contributed by atoms with Gasteiger partial charge in [0.1, 0.15) is 5.75 Å². The summed E-state index contributed by atoms with van der Waals surface area (Å²) < 4.78 is 10.8. The lowest BCUT2D eigenvalue weighted by Gasteiger charge is -2.14. The highest BCUT2D eigenvalue weighted by Gasteiger charge is 2.12. The molecule has 0 aliphatic carbocycles. The van der Waals surface area contributed by atoms with Gasteiger partial charge in [-0.15, -0.1) is 10.2 Å². The Kier molecular flexibility index (Phi) is 5.23. The SMILES string of the molecule is COc1ccc(CN(C)Cc2nnc(-c3ccc([N+](=O)[O-])cc3)o2)cc1. The smallest absolute Gasteiger partial charge is 0.269 e. The number of nitro benzene ring substituents is 1. The molecule has 26 heavy (non-hydrogen) atoms. The van der Waals surface area contributed by atoms with Crippen LogP contribution in [0.4, 0.5) is 5.69 Å². The van der Waals surface area contributed by atoms with Crippen molar-refractivity contribution in [2.24, 2.45) is 0 Å². The van der Waals surface area contributed by atoms with Gasteiger partial charge in [0, 0.05) is 24.2 Å². The molecule has 8 heteroatoms. The van der Waals surface area contributed by atoms with E-state index >= 15 is 0 Å². The first-order valence-electron chi connectivity index (χ1n) is 7.94. The fraction of sp³-hybridized carbons (Fsp3) is 0.222. The quantitative estimate of drug-likeness (QED) is 0.474. The molecule has 0 saturated carbocycles. The molecule has 3 rings (SSSR count). The molecule has 134 valence electrons. The summed E-state index contributed by atoms with van der Waals surface area (Å²) in [4.78, 5) is 12.3. The highest BCUT2D eigenvalue weighted by atomic mass is 16.6. The number of aromatic nitrogens is 2. The number of hydrogen-bond acceptors (Lipinski definition) is 7. The third kappa shape index (κ3) is 4.22. The van der Waals surface area contributed by atoms with Crippen LogP contribution in [0.1, 0.15) is 11.5 Å². The maximum atomic E-state index is 10.7. The van der Waals surface area contributed by atoms with E-state index in [1.165, 1.54) is 12.1 Å². The topological polar surface area (TPSA) is 94.5 Å². The molecular formula is C18H18N4O4. The number of hydrogen-bond donors (Lipinski definition) is 0. The van der Waals surface area contributed by atoms with E-state index in [1.54, 1.807) is 19.2 Å². The molecule has 0 spiro atoms. The number of rotatable bonds is 7. The third-order valence-electron chi connectivity index (χ3n) is 3.81. The van der Waals surface area contributed by atoms with Crippen molar-refractivity contribution >= 4 is 5.69 Å². The van der Waals surface area contributed by atoms with Gasteiger partial charge in [0.25, 0.3) is 5.69 Å². The van der Waals surface area contributed by atoms with Crippen molar-refractivity contribution in [2.75, 3.05) is 14.2 Å². The Morgan fingerprint density at radius 1 is 1.08 bits per heavy atom. The van der Waals surface area contributed by atoms with Crippen LogP contribution in [-0.4, -0.2) is 34.2 Å². The zero-order valence-electron chi connectivity index (χ0n) is 14.5. The van der Waals surface area contributed by atoms with Gasteiger partial charge in [0.05, 0.1) is 18.6 Å². The van der Waals surface area contributed by atoms with Crippen molar-refractivity contribution in [2.45, 2.75) is 13.1 Å². The average molecular weight is 354 g/mol. The summed E-state index contributed by atoms with van der Waals surface area (Å²) in [6, 6.07) is 13.9. The number of benzene rings is 2. The van der Waals surface area contributed by atoms with E-state index in [0.717, 1.165) is 17.9 Å². The molecule has 0 atom stereocenters. The molecule has 8 nitrogen and oxygen atoms in total. The molecule has 2 aromatic carbocycles. The van der Waals surface area contributed by atoms with E-state index in [2.05, 4.69) is 15.1 Å². The van der Waals surface area contributed by atoms with Crippen LogP contribution < -0.4 is 4.74 Å². The van der Waals surface area contributed by atoms with Crippen molar-refractivity contribution in [3.05, 3.63) is 70.1 Å². The maximum Gasteiger partial charge on any atom is 0.269 e. The summed E-state index contributed by atoms with van der Waals surface area (Å²) in [5, 5.41) is 18.8. The molecule has 0 saturated heterocycles. The van der Waals surface area contributed by atoms with Gasteiger partial charge >= 0.3 is 0 Å². The van der Waals surface area contributed by atoms with Crippen molar-refractivity contribution in [1.82, 2.24) is 15.1 Å². The summed E-state index contributed by atoms with van der Waals surface area (Å²) in [7, 11) is 3.60. The monoisotopic (exact) mass is 354 g/mol. The van der Waals surface area contributed by atoms with E-state index in [0.29, 0.717) is 23.9 Å². The Labute approximate surface area is 150 Å². The molecular weight excluding hydrogens is 336 g/mol. The van der Waals surface area contributed by atoms with Gasteiger partial charge in [0.15, 0.2) is 0 Å². The molecule has 0 bridgehead atoms. The molecule has 0 fully saturated rings. The second kappa shape index (κ2) is 7.75. The Hall–Kier alpha value is -3.26. The molecule has 0 aliphatic heterocycles. The first-order valence-corrected chi connectivity index (χ1v) is 7.94. The molecule has 1 aromatic heterocycles. The van der Waals surface area contributed by atoms with Crippen LogP contribution in [0.5, 0.6) is 5.75 Å². The van der Waals surface area contributed by atoms with Gasteiger partial charge in [0.2, 0.25) is 11.8 Å². The summed E-state index contributed by atoms with van der Waals surface area (Å²) in [6.45, 7) is 1.21. The number of nitro groups is 1. The third-order valence-corrected chi connectivity index (χ3v) is 3.81. The van der Waals surface area contributed by atoms with Gasteiger partial charge in [-0.1, -0.05) is 12.1 Å². The number of non-ortho nitro benzene ring substituents is 1. The number of ether oxygens (including phenoxy) is 1. The lowest BCUT2D eigenvalue weighted by atomic mass is 10.2. The van der Waals surface area contributed by atoms with Crippen LogP contribution >= 0.6 is 0 Å². The van der Waals surface area contributed by atoms with E-state index in [1.807, 2.05) is 31.3 Å². The van der Waals surface area contributed by atoms with Crippen LogP contribution in [0.2, 0.25) is 0 Å². The fourth-order valence-corrected chi connectivity index (χ4v) is 2.49. The summed E-state index contributed by atoms with van der Waals surface area (Å²) in [5.41, 5.74) is 1.81. The van der Waals surface area contributed by atoms with Crippen LogP contribution in [0.3, 0.4) is 0 Å². The Balaban J connectivity index is 1.62. The van der Waals surface area contributed by atoms with Gasteiger partial charge in [-0.05, 0) is 36.9 Å². The Morgan fingerprint density at radius 3 is 2.38 bits per heavy atom. The van der Waals surface area contributed by atoms with E-state index in [-0.39, 0.29) is 5.69 Å². The van der Waals surface area contributed by atoms with Gasteiger partial charge in [-0.2, -0.15) is 0 Å². The van der Waals surface area contributed by atoms with Crippen LogP contribution in [-0.2, 0) is 13.1 Å². The Morgan fingerprint density at radius 2 is 1.77 bits per heavy atom. The Bertz CT molecular complexity index is 875. The summed E-state index contributed by atoms with van der Waals surface area (Å²) >= 11 is 0. The summed E-state index contributed by atoms with van der Waals surface area (Å²) in [5.74, 6) is 1.64. The standard InChI is InChI=1S/C18H18N4O4/c1-21(11-13-3-9-16(25-2)10-4-13)12-17-19-20-18(26-17)14-5-7-15(8-6-14)22(23)24/h3-10H,11-12H2,1-2H3. The largest absolute Gasteiger partial charge is 0.497 e. The molecule has 1 heterocycles. The van der Waals surface area contributed by atoms with Crippen LogP contribution in [0.15, 0.2) is 52.9 Å². The molecule has 0 unspecified atom stereocenters. The zero-order chi connectivity index (χ0) is 18.5. The van der Waals surface area contributed by atoms with E-state index in [4.69, 9.17) is 9.15 Å². The second-order valence-electron chi connectivity index (χ2n) is 5.83. The minimum Gasteiger partial charge on any atom is -0.497 e. The highest BCUT2D eigenvalue weighted by Crippen LogP contribution is 2.22. The normalized spacial score (nSPS) is 10.9. The minimum atomic E-state index is -0.447. The van der Waals surface area contributed by atoms with Crippen LogP contribution in [0.25, 0.3) is 11.5 Å². The predicted octanol–water partition coefficient (Wildman–Crippen LogP) is 3.29. The van der Waals surface area contributed by atoms with Crippen molar-refractivity contribution < 1.29 is 14.1 Å². The van der Waals surface area contributed by atoms with Crippen molar-refractivity contribution in [1.29, 1.82) is 0 Å². The number of nitrogens with zero attached hydrogens (tertiary/aromatic N) is 4. The molecule has 0 aliphatic rings. The summed E-state index contributed by atoms with van der Waals surface area (Å²) in [6.07, 6.45) is 0.